The average molecular weight is 144 g/mol. The number of rotatable bonds is 1. The summed E-state index contributed by atoms with van der Waals surface area (Å²) < 4.78 is 1.73. The third-order valence-corrected chi connectivity index (χ3v) is 1.08. The van der Waals surface area contributed by atoms with Crippen LogP contribution in [0.15, 0.2) is 11.9 Å². The van der Waals surface area contributed by atoms with Crippen molar-refractivity contribution in [1.29, 1.82) is 0 Å². The molecule has 4 heteroatoms. The lowest BCUT2D eigenvalue weighted by molar-refractivity contribution is 1.01. The summed E-state index contributed by atoms with van der Waals surface area (Å²) in [6.07, 6.45) is 3.27. The number of hydrogen-bond donors (Lipinski definition) is 0. The van der Waals surface area contributed by atoms with Gasteiger partial charge in [0.1, 0.15) is 12.2 Å². The molecule has 0 radical (unpaired) electrons. The van der Waals surface area contributed by atoms with Gasteiger partial charge in [0.2, 0.25) is 0 Å². The molecule has 0 bridgehead atoms. The third kappa shape index (κ3) is 1.29. The van der Waals surface area contributed by atoms with E-state index in [0.717, 1.165) is 5.82 Å². The minimum absolute atomic E-state index is 0.826. The van der Waals surface area contributed by atoms with Crippen molar-refractivity contribution in [2.45, 2.75) is 6.92 Å². The Balaban J connectivity index is 2.94. The molecule has 0 amide bonds. The van der Waals surface area contributed by atoms with Gasteiger partial charge in [-0.05, 0) is 6.92 Å². The summed E-state index contributed by atoms with van der Waals surface area (Å²) in [5, 5.41) is 7.38. The van der Waals surface area contributed by atoms with Crippen molar-refractivity contribution in [2.24, 2.45) is 0 Å². The molecule has 0 spiro atoms. The predicted octanol–water partition coefficient (Wildman–Crippen LogP) is 1.25. The molecule has 9 heavy (non-hydrogen) atoms. The second kappa shape index (κ2) is 2.64. The van der Waals surface area contributed by atoms with Crippen LogP contribution in [0.2, 0.25) is 0 Å². The lowest BCUT2D eigenvalue weighted by Crippen LogP contribution is -1.85. The topological polar surface area (TPSA) is 30.7 Å². The third-order valence-electron chi connectivity index (χ3n) is 0.969. The zero-order chi connectivity index (χ0) is 6.69. The van der Waals surface area contributed by atoms with Crippen LogP contribution in [-0.2, 0) is 0 Å². The molecular formula is C5H6ClN3. The van der Waals surface area contributed by atoms with Crippen LogP contribution in [0.3, 0.4) is 0 Å². The zero-order valence-electron chi connectivity index (χ0n) is 4.95. The van der Waals surface area contributed by atoms with Crippen LogP contribution in [-0.4, -0.2) is 14.8 Å². The van der Waals surface area contributed by atoms with E-state index in [1.165, 1.54) is 5.54 Å². The molecule has 0 aliphatic heterocycles. The molecule has 0 saturated heterocycles. The second-order valence-corrected chi connectivity index (χ2v) is 1.81. The Morgan fingerprint density at radius 3 is 3.00 bits per heavy atom. The van der Waals surface area contributed by atoms with Gasteiger partial charge in [0, 0.05) is 11.7 Å². The molecule has 0 saturated carbocycles. The van der Waals surface area contributed by atoms with Crippen LogP contribution in [0, 0.1) is 6.92 Å². The van der Waals surface area contributed by atoms with Crippen LogP contribution in [0.25, 0.3) is 6.20 Å². The molecule has 3 nitrogen and oxygen atoms in total. The normalized spacial score (nSPS) is 10.9. The lowest BCUT2D eigenvalue weighted by Gasteiger charge is -1.88. The van der Waals surface area contributed by atoms with Gasteiger partial charge in [-0.15, -0.1) is 10.2 Å². The van der Waals surface area contributed by atoms with Crippen LogP contribution in [0.4, 0.5) is 0 Å². The molecule has 0 aromatic carbocycles. The number of aryl methyl sites for hydroxylation is 1. The predicted molar refractivity (Wildman–Crippen MR) is 35.9 cm³/mol. The highest BCUT2D eigenvalue weighted by atomic mass is 35.5. The molecular weight excluding hydrogens is 138 g/mol. The maximum atomic E-state index is 5.31. The van der Waals surface area contributed by atoms with Crippen LogP contribution in [0.1, 0.15) is 5.82 Å². The van der Waals surface area contributed by atoms with Crippen molar-refractivity contribution >= 4 is 17.8 Å². The molecule has 48 valence electrons. The molecule has 0 unspecified atom stereocenters. The van der Waals surface area contributed by atoms with Gasteiger partial charge in [0.05, 0.1) is 0 Å². The van der Waals surface area contributed by atoms with Gasteiger partial charge in [0.15, 0.2) is 0 Å². The molecule has 0 atom stereocenters. The van der Waals surface area contributed by atoms with Crippen molar-refractivity contribution < 1.29 is 0 Å². The van der Waals surface area contributed by atoms with Gasteiger partial charge in [-0.1, -0.05) is 11.6 Å². The van der Waals surface area contributed by atoms with Gasteiger partial charge in [-0.2, -0.15) is 0 Å². The van der Waals surface area contributed by atoms with Gasteiger partial charge in [-0.25, -0.2) is 0 Å². The first kappa shape index (κ1) is 6.29. The Bertz CT molecular complexity index is 216. The molecule has 0 N–H and O–H groups in total. The van der Waals surface area contributed by atoms with Gasteiger partial charge in [0.25, 0.3) is 0 Å². The summed E-state index contributed by atoms with van der Waals surface area (Å²) in [6, 6.07) is 0. The van der Waals surface area contributed by atoms with E-state index >= 15 is 0 Å². The summed E-state index contributed by atoms with van der Waals surface area (Å²) in [5.41, 5.74) is 1.41. The van der Waals surface area contributed by atoms with E-state index in [1.807, 2.05) is 6.92 Å². The summed E-state index contributed by atoms with van der Waals surface area (Å²) >= 11 is 5.31. The Labute approximate surface area is 58.0 Å². The van der Waals surface area contributed by atoms with E-state index < -0.39 is 0 Å². The minimum Gasteiger partial charge on any atom is -0.292 e. The Morgan fingerprint density at radius 1 is 1.78 bits per heavy atom. The molecule has 0 aliphatic carbocycles. The first-order valence-corrected chi connectivity index (χ1v) is 2.91. The zero-order valence-corrected chi connectivity index (χ0v) is 5.71. The maximum absolute atomic E-state index is 5.31. The van der Waals surface area contributed by atoms with Crippen molar-refractivity contribution in [3.63, 3.8) is 0 Å². The Hall–Kier alpha value is -0.830. The molecule has 1 heterocycles. The van der Waals surface area contributed by atoms with Crippen LogP contribution >= 0.6 is 11.6 Å². The van der Waals surface area contributed by atoms with Gasteiger partial charge >= 0.3 is 0 Å². The quantitative estimate of drug-likeness (QED) is 0.593. The Kier molecular flexibility index (Phi) is 1.85. The SMILES string of the molecule is Cc1nncn1/C=C/Cl. The van der Waals surface area contributed by atoms with Crippen molar-refractivity contribution in [2.75, 3.05) is 0 Å². The maximum Gasteiger partial charge on any atom is 0.133 e. The van der Waals surface area contributed by atoms with Gasteiger partial charge < -0.3 is 0 Å². The number of hydrogen-bond acceptors (Lipinski definition) is 2. The average Bonchev–Trinajstić information content (AvgIpc) is 2.18. The van der Waals surface area contributed by atoms with Gasteiger partial charge in [-0.3, -0.25) is 4.57 Å². The molecule has 0 fully saturated rings. The van der Waals surface area contributed by atoms with Crippen LogP contribution < -0.4 is 0 Å². The summed E-state index contributed by atoms with van der Waals surface area (Å²) in [4.78, 5) is 0. The standard InChI is InChI=1S/C5H6ClN3/c1-5-8-7-4-9(5)3-2-6/h2-4H,1H3/b3-2+. The fourth-order valence-electron chi connectivity index (χ4n) is 0.507. The minimum atomic E-state index is 0.826. The van der Waals surface area contributed by atoms with E-state index in [-0.39, 0.29) is 0 Å². The summed E-state index contributed by atoms with van der Waals surface area (Å²) in [5.74, 6) is 0.826. The molecule has 0 aliphatic rings. The first-order valence-electron chi connectivity index (χ1n) is 2.47. The van der Waals surface area contributed by atoms with Crippen molar-refractivity contribution in [1.82, 2.24) is 14.8 Å². The van der Waals surface area contributed by atoms with E-state index in [2.05, 4.69) is 10.2 Å². The largest absolute Gasteiger partial charge is 0.292 e. The number of aromatic nitrogens is 3. The first-order chi connectivity index (χ1) is 4.34. The highest BCUT2D eigenvalue weighted by molar-refractivity contribution is 6.26. The van der Waals surface area contributed by atoms with Crippen LogP contribution in [0.5, 0.6) is 0 Å². The van der Waals surface area contributed by atoms with Crippen molar-refractivity contribution in [3.05, 3.63) is 17.7 Å². The number of nitrogens with zero attached hydrogens (tertiary/aromatic N) is 3. The fourth-order valence-corrected chi connectivity index (χ4v) is 0.629. The summed E-state index contributed by atoms with van der Waals surface area (Å²) in [6.45, 7) is 1.85. The monoisotopic (exact) mass is 143 g/mol. The number of halogens is 1. The molecule has 1 aromatic heterocycles. The Morgan fingerprint density at radius 2 is 2.56 bits per heavy atom. The lowest BCUT2D eigenvalue weighted by atomic mass is 10.7. The van der Waals surface area contributed by atoms with E-state index in [9.17, 15) is 0 Å². The summed E-state index contributed by atoms with van der Waals surface area (Å²) in [7, 11) is 0. The highest BCUT2D eigenvalue weighted by Gasteiger charge is 1.89. The second-order valence-electron chi connectivity index (χ2n) is 1.56. The van der Waals surface area contributed by atoms with E-state index in [0.29, 0.717) is 0 Å². The van der Waals surface area contributed by atoms with E-state index in [1.54, 1.807) is 17.1 Å². The highest BCUT2D eigenvalue weighted by Crippen LogP contribution is 1.93. The molecule has 1 aromatic rings. The molecule has 1 rings (SSSR count). The van der Waals surface area contributed by atoms with E-state index in [4.69, 9.17) is 11.6 Å². The fraction of sp³-hybridized carbons (Fsp3) is 0.200. The van der Waals surface area contributed by atoms with Crippen molar-refractivity contribution in [3.8, 4) is 0 Å². The smallest absolute Gasteiger partial charge is 0.133 e.